The lowest BCUT2D eigenvalue weighted by Crippen LogP contribution is -2.25. The minimum absolute atomic E-state index is 0.0473. The molecular weight excluding hydrogens is 284 g/mol. The molecule has 0 heterocycles. The van der Waals surface area contributed by atoms with Gasteiger partial charge in [-0.1, -0.05) is 6.07 Å². The van der Waals surface area contributed by atoms with Gasteiger partial charge < -0.3 is 15.4 Å². The van der Waals surface area contributed by atoms with Crippen molar-refractivity contribution in [3.05, 3.63) is 29.3 Å². The topological polar surface area (TPSA) is 84.5 Å². The van der Waals surface area contributed by atoms with E-state index in [1.807, 2.05) is 18.2 Å². The minimum Gasteiger partial charge on any atom is -0.456 e. The molecule has 0 saturated heterocycles. The molecule has 0 fully saturated rings. The van der Waals surface area contributed by atoms with Crippen LogP contribution in [0.15, 0.2) is 18.2 Å². The highest BCUT2D eigenvalue weighted by molar-refractivity contribution is 5.93. The predicted molar refractivity (Wildman–Crippen MR) is 81.4 cm³/mol. The maximum Gasteiger partial charge on any atom is 0.308 e. The van der Waals surface area contributed by atoms with E-state index in [1.165, 1.54) is 18.1 Å². The lowest BCUT2D eigenvalue weighted by molar-refractivity contribution is -0.147. The Hall–Kier alpha value is -2.37. The molecule has 1 aliphatic rings. The van der Waals surface area contributed by atoms with E-state index in [4.69, 9.17) is 4.74 Å². The molecule has 6 nitrogen and oxygen atoms in total. The van der Waals surface area contributed by atoms with Gasteiger partial charge in [0.2, 0.25) is 5.91 Å². The van der Waals surface area contributed by atoms with Crippen molar-refractivity contribution >= 4 is 23.5 Å². The van der Waals surface area contributed by atoms with E-state index in [0.717, 1.165) is 24.9 Å². The summed E-state index contributed by atoms with van der Waals surface area (Å²) in [5.74, 6) is -1.09. The van der Waals surface area contributed by atoms with E-state index in [-0.39, 0.29) is 31.4 Å². The molecular formula is C16H20N2O4. The number of aryl methyl sites for hydroxylation is 2. The Kier molecular flexibility index (Phi) is 5.52. The van der Waals surface area contributed by atoms with Crippen LogP contribution in [0.25, 0.3) is 0 Å². The van der Waals surface area contributed by atoms with Gasteiger partial charge in [0.05, 0.1) is 6.42 Å². The first-order valence-electron chi connectivity index (χ1n) is 7.36. The van der Waals surface area contributed by atoms with Crippen molar-refractivity contribution < 1.29 is 19.1 Å². The van der Waals surface area contributed by atoms with Crippen molar-refractivity contribution in [2.24, 2.45) is 0 Å². The van der Waals surface area contributed by atoms with Crippen molar-refractivity contribution in [1.82, 2.24) is 5.32 Å². The van der Waals surface area contributed by atoms with Crippen molar-refractivity contribution in [3.63, 3.8) is 0 Å². The molecule has 0 spiro atoms. The number of rotatable bonds is 6. The first kappa shape index (κ1) is 16.0. The van der Waals surface area contributed by atoms with Crippen molar-refractivity contribution in [2.45, 2.75) is 32.6 Å². The van der Waals surface area contributed by atoms with Crippen LogP contribution in [-0.4, -0.2) is 30.9 Å². The molecule has 6 heteroatoms. The summed E-state index contributed by atoms with van der Waals surface area (Å²) in [5, 5.41) is 5.20. The summed E-state index contributed by atoms with van der Waals surface area (Å²) < 4.78 is 4.85. The summed E-state index contributed by atoms with van der Waals surface area (Å²) in [6, 6.07) is 5.86. The molecule has 0 unspecified atom stereocenters. The van der Waals surface area contributed by atoms with Gasteiger partial charge >= 0.3 is 5.97 Å². The van der Waals surface area contributed by atoms with E-state index in [2.05, 4.69) is 10.6 Å². The molecule has 2 N–H and O–H groups in total. The second-order valence-corrected chi connectivity index (χ2v) is 5.28. The van der Waals surface area contributed by atoms with Crippen molar-refractivity contribution in [3.8, 4) is 0 Å². The Morgan fingerprint density at radius 2 is 1.95 bits per heavy atom. The maximum atomic E-state index is 11.7. The number of esters is 1. The Bertz CT molecular complexity index is 584. The van der Waals surface area contributed by atoms with Crippen LogP contribution >= 0.6 is 0 Å². The number of hydrogen-bond acceptors (Lipinski definition) is 4. The molecule has 0 aromatic heterocycles. The normalized spacial score (nSPS) is 12.4. The average molecular weight is 304 g/mol. The predicted octanol–water partition coefficient (Wildman–Crippen LogP) is 1.18. The SMILES string of the molecule is CC(=O)NCCC(=O)OCC(=O)Nc1ccc2c(c1)CCC2. The van der Waals surface area contributed by atoms with Crippen LogP contribution < -0.4 is 10.6 Å². The fraction of sp³-hybridized carbons (Fsp3) is 0.438. The number of nitrogens with one attached hydrogen (secondary N) is 2. The first-order valence-corrected chi connectivity index (χ1v) is 7.36. The number of fused-ring (bicyclic) bond motifs is 1. The zero-order valence-corrected chi connectivity index (χ0v) is 12.6. The van der Waals surface area contributed by atoms with E-state index in [1.54, 1.807) is 0 Å². The third-order valence-corrected chi connectivity index (χ3v) is 3.45. The molecule has 22 heavy (non-hydrogen) atoms. The quantitative estimate of drug-likeness (QED) is 0.773. The molecule has 0 aliphatic heterocycles. The van der Waals surface area contributed by atoms with Gasteiger partial charge in [-0.05, 0) is 42.5 Å². The largest absolute Gasteiger partial charge is 0.456 e. The van der Waals surface area contributed by atoms with E-state index >= 15 is 0 Å². The first-order chi connectivity index (χ1) is 10.5. The average Bonchev–Trinajstić information content (AvgIpc) is 2.92. The third-order valence-electron chi connectivity index (χ3n) is 3.45. The summed E-state index contributed by atoms with van der Waals surface area (Å²) in [7, 11) is 0. The van der Waals surface area contributed by atoms with Gasteiger partial charge in [-0.25, -0.2) is 0 Å². The minimum atomic E-state index is -0.516. The van der Waals surface area contributed by atoms with Crippen molar-refractivity contribution in [1.29, 1.82) is 0 Å². The highest BCUT2D eigenvalue weighted by Crippen LogP contribution is 2.24. The smallest absolute Gasteiger partial charge is 0.308 e. The molecule has 0 bridgehead atoms. The van der Waals surface area contributed by atoms with Crippen LogP contribution in [-0.2, 0) is 32.0 Å². The molecule has 0 atom stereocenters. The van der Waals surface area contributed by atoms with Crippen LogP contribution in [0, 0.1) is 0 Å². The summed E-state index contributed by atoms with van der Waals surface area (Å²) in [5.41, 5.74) is 3.33. The number of benzene rings is 1. The summed E-state index contributed by atoms with van der Waals surface area (Å²) in [6.45, 7) is 1.26. The van der Waals surface area contributed by atoms with Crippen molar-refractivity contribution in [2.75, 3.05) is 18.5 Å². The standard InChI is InChI=1S/C16H20N2O4/c1-11(19)17-8-7-16(21)22-10-15(20)18-14-6-5-12-3-2-4-13(12)9-14/h5-6,9H,2-4,7-8,10H2,1H3,(H,17,19)(H,18,20). The molecule has 1 aliphatic carbocycles. The molecule has 0 radical (unpaired) electrons. The Balaban J connectivity index is 1.71. The number of ether oxygens (including phenoxy) is 1. The number of carbonyl (C=O) groups is 3. The molecule has 2 rings (SSSR count). The molecule has 2 amide bonds. The Morgan fingerprint density at radius 3 is 2.73 bits per heavy atom. The zero-order chi connectivity index (χ0) is 15.9. The lowest BCUT2D eigenvalue weighted by Gasteiger charge is -2.08. The number of carbonyl (C=O) groups excluding carboxylic acids is 3. The van der Waals surface area contributed by atoms with Crippen LogP contribution in [0.5, 0.6) is 0 Å². The lowest BCUT2D eigenvalue weighted by atomic mass is 10.1. The second kappa shape index (κ2) is 7.59. The van der Waals surface area contributed by atoms with Gasteiger partial charge in [0, 0.05) is 19.2 Å². The van der Waals surface area contributed by atoms with Gasteiger partial charge in [0.1, 0.15) is 0 Å². The van der Waals surface area contributed by atoms with Crippen LogP contribution in [0.1, 0.15) is 30.9 Å². The Labute approximate surface area is 129 Å². The van der Waals surface area contributed by atoms with Gasteiger partial charge in [-0.2, -0.15) is 0 Å². The van der Waals surface area contributed by atoms with Crippen LogP contribution in [0.2, 0.25) is 0 Å². The van der Waals surface area contributed by atoms with Gasteiger partial charge in [0.15, 0.2) is 6.61 Å². The summed E-state index contributed by atoms with van der Waals surface area (Å²) in [6.07, 6.45) is 3.33. The van der Waals surface area contributed by atoms with E-state index in [0.29, 0.717) is 0 Å². The Morgan fingerprint density at radius 1 is 1.18 bits per heavy atom. The maximum absolute atomic E-state index is 11.7. The summed E-state index contributed by atoms with van der Waals surface area (Å²) >= 11 is 0. The zero-order valence-electron chi connectivity index (χ0n) is 12.6. The molecule has 1 aromatic carbocycles. The third kappa shape index (κ3) is 4.87. The fourth-order valence-corrected chi connectivity index (χ4v) is 2.41. The second-order valence-electron chi connectivity index (χ2n) is 5.28. The molecule has 1 aromatic rings. The van der Waals surface area contributed by atoms with Gasteiger partial charge in [-0.15, -0.1) is 0 Å². The van der Waals surface area contributed by atoms with Crippen LogP contribution in [0.4, 0.5) is 5.69 Å². The number of amides is 2. The molecule has 0 saturated carbocycles. The monoisotopic (exact) mass is 304 g/mol. The number of hydrogen-bond donors (Lipinski definition) is 2. The van der Waals surface area contributed by atoms with Gasteiger partial charge in [-0.3, -0.25) is 14.4 Å². The molecule has 118 valence electrons. The highest BCUT2D eigenvalue weighted by atomic mass is 16.5. The highest BCUT2D eigenvalue weighted by Gasteiger charge is 2.12. The van der Waals surface area contributed by atoms with E-state index < -0.39 is 5.97 Å². The summed E-state index contributed by atoms with van der Waals surface area (Å²) in [4.78, 5) is 33.8. The number of anilines is 1. The van der Waals surface area contributed by atoms with Gasteiger partial charge in [0.25, 0.3) is 5.91 Å². The fourth-order valence-electron chi connectivity index (χ4n) is 2.41. The van der Waals surface area contributed by atoms with E-state index in [9.17, 15) is 14.4 Å². The van der Waals surface area contributed by atoms with Crippen LogP contribution in [0.3, 0.4) is 0 Å².